The average molecular weight is 181 g/mol. The molecule has 0 aromatic rings. The fourth-order valence-electron chi connectivity index (χ4n) is 1.40. The van der Waals surface area contributed by atoms with Gasteiger partial charge in [0.2, 0.25) is 0 Å². The van der Waals surface area contributed by atoms with Crippen LogP contribution in [0.25, 0.3) is 0 Å². The molecule has 13 heavy (non-hydrogen) atoms. The van der Waals surface area contributed by atoms with Crippen molar-refractivity contribution in [3.8, 4) is 12.3 Å². The van der Waals surface area contributed by atoms with Gasteiger partial charge in [0.1, 0.15) is 0 Å². The molecule has 0 fully saturated rings. The van der Waals surface area contributed by atoms with Crippen LogP contribution in [0.15, 0.2) is 0 Å². The minimum Gasteiger partial charge on any atom is -0.313 e. The van der Waals surface area contributed by atoms with E-state index >= 15 is 0 Å². The molecule has 0 rings (SSSR count). The molecular formula is C12H23N. The fourth-order valence-corrected chi connectivity index (χ4v) is 1.40. The first kappa shape index (κ1) is 12.5. The Balaban J connectivity index is 3.57. The summed E-state index contributed by atoms with van der Waals surface area (Å²) in [5.74, 6) is 3.47. The molecule has 1 nitrogen and oxygen atoms in total. The van der Waals surface area contributed by atoms with Gasteiger partial charge in [-0.25, -0.2) is 0 Å². The van der Waals surface area contributed by atoms with Crippen molar-refractivity contribution in [1.82, 2.24) is 5.32 Å². The van der Waals surface area contributed by atoms with Gasteiger partial charge in [0.05, 0.1) is 0 Å². The maximum atomic E-state index is 5.19. The zero-order chi connectivity index (χ0) is 10.1. The molecule has 1 heteroatoms. The predicted molar refractivity (Wildman–Crippen MR) is 59.6 cm³/mol. The third kappa shape index (κ3) is 6.66. The zero-order valence-corrected chi connectivity index (χ0v) is 9.27. The van der Waals surface area contributed by atoms with Crippen molar-refractivity contribution in [2.75, 3.05) is 6.54 Å². The van der Waals surface area contributed by atoms with Gasteiger partial charge in [0.25, 0.3) is 0 Å². The first-order valence-corrected chi connectivity index (χ1v) is 5.41. The summed E-state index contributed by atoms with van der Waals surface area (Å²) < 4.78 is 0. The molecule has 0 heterocycles. The lowest BCUT2D eigenvalue weighted by molar-refractivity contribution is 0.388. The number of rotatable bonds is 7. The summed E-state index contributed by atoms with van der Waals surface area (Å²) in [6, 6.07) is 0.656. The van der Waals surface area contributed by atoms with Crippen molar-refractivity contribution in [3.05, 3.63) is 0 Å². The number of terminal acetylenes is 1. The Labute approximate surface area is 83.3 Å². The molecule has 0 amide bonds. The van der Waals surface area contributed by atoms with E-state index in [0.717, 1.165) is 18.9 Å². The SMILES string of the molecule is C#CCCNC(CC)CC(C)CC. The molecule has 0 radical (unpaired) electrons. The number of hydrogen-bond acceptors (Lipinski definition) is 1. The maximum Gasteiger partial charge on any atom is 0.0211 e. The van der Waals surface area contributed by atoms with Gasteiger partial charge < -0.3 is 5.32 Å². The van der Waals surface area contributed by atoms with Crippen LogP contribution in [-0.2, 0) is 0 Å². The predicted octanol–water partition coefficient (Wildman–Crippen LogP) is 2.81. The monoisotopic (exact) mass is 181 g/mol. The van der Waals surface area contributed by atoms with E-state index in [9.17, 15) is 0 Å². The molecule has 1 N–H and O–H groups in total. The van der Waals surface area contributed by atoms with Crippen LogP contribution in [0.2, 0.25) is 0 Å². The average Bonchev–Trinajstić information content (AvgIpc) is 2.16. The van der Waals surface area contributed by atoms with E-state index in [-0.39, 0.29) is 0 Å². The van der Waals surface area contributed by atoms with Gasteiger partial charge in [-0.15, -0.1) is 12.3 Å². The Bertz CT molecular complexity index is 146. The van der Waals surface area contributed by atoms with Crippen molar-refractivity contribution in [1.29, 1.82) is 0 Å². The van der Waals surface area contributed by atoms with E-state index in [1.807, 2.05) is 0 Å². The largest absolute Gasteiger partial charge is 0.313 e. The summed E-state index contributed by atoms with van der Waals surface area (Å²) in [5.41, 5.74) is 0. The molecule has 0 spiro atoms. The highest BCUT2D eigenvalue weighted by molar-refractivity contribution is 4.84. The van der Waals surface area contributed by atoms with Gasteiger partial charge in [0.15, 0.2) is 0 Å². The highest BCUT2D eigenvalue weighted by Gasteiger charge is 2.08. The summed E-state index contributed by atoms with van der Waals surface area (Å²) in [5, 5.41) is 3.49. The van der Waals surface area contributed by atoms with E-state index in [2.05, 4.69) is 32.0 Å². The van der Waals surface area contributed by atoms with Crippen molar-refractivity contribution in [2.24, 2.45) is 5.92 Å². The second-order valence-corrected chi connectivity index (χ2v) is 3.76. The van der Waals surface area contributed by atoms with Crippen LogP contribution in [0.4, 0.5) is 0 Å². The molecule has 0 aromatic heterocycles. The Morgan fingerprint density at radius 2 is 2.00 bits per heavy atom. The molecule has 0 saturated heterocycles. The minimum absolute atomic E-state index is 0.656. The van der Waals surface area contributed by atoms with E-state index in [4.69, 9.17) is 6.42 Å². The normalized spacial score (nSPS) is 14.9. The Morgan fingerprint density at radius 3 is 2.46 bits per heavy atom. The molecule has 0 aromatic carbocycles. The van der Waals surface area contributed by atoms with Gasteiger partial charge in [-0.3, -0.25) is 0 Å². The zero-order valence-electron chi connectivity index (χ0n) is 9.27. The molecule has 76 valence electrons. The van der Waals surface area contributed by atoms with Gasteiger partial charge >= 0.3 is 0 Å². The van der Waals surface area contributed by atoms with Crippen LogP contribution < -0.4 is 5.32 Å². The van der Waals surface area contributed by atoms with Crippen LogP contribution in [0.5, 0.6) is 0 Å². The summed E-state index contributed by atoms with van der Waals surface area (Å²) in [6.07, 6.45) is 9.79. The second kappa shape index (κ2) is 8.13. The smallest absolute Gasteiger partial charge is 0.0211 e. The Morgan fingerprint density at radius 1 is 1.31 bits per heavy atom. The van der Waals surface area contributed by atoms with E-state index < -0.39 is 0 Å². The second-order valence-electron chi connectivity index (χ2n) is 3.76. The fraction of sp³-hybridized carbons (Fsp3) is 0.833. The molecule has 0 aliphatic carbocycles. The van der Waals surface area contributed by atoms with Crippen molar-refractivity contribution in [2.45, 2.75) is 52.5 Å². The van der Waals surface area contributed by atoms with Crippen molar-refractivity contribution >= 4 is 0 Å². The van der Waals surface area contributed by atoms with E-state index in [1.54, 1.807) is 0 Å². The molecule has 2 atom stereocenters. The van der Waals surface area contributed by atoms with E-state index in [1.165, 1.54) is 19.3 Å². The first-order chi connectivity index (χ1) is 6.24. The summed E-state index contributed by atoms with van der Waals surface area (Å²) >= 11 is 0. The first-order valence-electron chi connectivity index (χ1n) is 5.41. The van der Waals surface area contributed by atoms with Crippen LogP contribution in [-0.4, -0.2) is 12.6 Å². The quantitative estimate of drug-likeness (QED) is 0.470. The topological polar surface area (TPSA) is 12.0 Å². The third-order valence-electron chi connectivity index (χ3n) is 2.58. The number of hydrogen-bond donors (Lipinski definition) is 1. The highest BCUT2D eigenvalue weighted by Crippen LogP contribution is 2.11. The third-order valence-corrected chi connectivity index (χ3v) is 2.58. The van der Waals surface area contributed by atoms with Crippen LogP contribution >= 0.6 is 0 Å². The van der Waals surface area contributed by atoms with Crippen molar-refractivity contribution < 1.29 is 0 Å². The molecular weight excluding hydrogens is 158 g/mol. The summed E-state index contributed by atoms with van der Waals surface area (Å²) in [7, 11) is 0. The van der Waals surface area contributed by atoms with Crippen LogP contribution in [0.3, 0.4) is 0 Å². The lowest BCUT2D eigenvalue weighted by atomic mass is 9.98. The Hall–Kier alpha value is -0.480. The highest BCUT2D eigenvalue weighted by atomic mass is 14.9. The lowest BCUT2D eigenvalue weighted by Gasteiger charge is -2.19. The molecule has 0 bridgehead atoms. The van der Waals surface area contributed by atoms with Crippen molar-refractivity contribution in [3.63, 3.8) is 0 Å². The maximum absolute atomic E-state index is 5.19. The number of nitrogens with one attached hydrogen (secondary N) is 1. The molecule has 2 unspecified atom stereocenters. The van der Waals surface area contributed by atoms with Gasteiger partial charge in [-0.1, -0.05) is 27.2 Å². The van der Waals surface area contributed by atoms with Gasteiger partial charge in [-0.2, -0.15) is 0 Å². The lowest BCUT2D eigenvalue weighted by Crippen LogP contribution is -2.30. The Kier molecular flexibility index (Phi) is 7.83. The standard InChI is InChI=1S/C12H23N/c1-5-8-9-13-12(7-3)10-11(4)6-2/h1,11-13H,6-10H2,2-4H3. The minimum atomic E-state index is 0.656. The van der Waals surface area contributed by atoms with Gasteiger partial charge in [0, 0.05) is 19.0 Å². The summed E-state index contributed by atoms with van der Waals surface area (Å²) in [6.45, 7) is 7.76. The van der Waals surface area contributed by atoms with E-state index in [0.29, 0.717) is 6.04 Å². The summed E-state index contributed by atoms with van der Waals surface area (Å²) in [4.78, 5) is 0. The van der Waals surface area contributed by atoms with Gasteiger partial charge in [-0.05, 0) is 18.8 Å². The molecule has 0 aliphatic heterocycles. The molecule has 0 saturated carbocycles. The van der Waals surface area contributed by atoms with Crippen LogP contribution in [0, 0.1) is 18.3 Å². The van der Waals surface area contributed by atoms with Crippen LogP contribution in [0.1, 0.15) is 46.5 Å². The molecule has 0 aliphatic rings.